The average molecular weight is 366 g/mol. The lowest BCUT2D eigenvalue weighted by molar-refractivity contribution is -0.144. The van der Waals surface area contributed by atoms with Crippen LogP contribution in [0.5, 0.6) is 0 Å². The van der Waals surface area contributed by atoms with Crippen LogP contribution in [-0.2, 0) is 32.2 Å². The summed E-state index contributed by atoms with van der Waals surface area (Å²) in [4.78, 5) is 0. The van der Waals surface area contributed by atoms with Gasteiger partial charge in [0.2, 0.25) is 0 Å². The Bertz CT molecular complexity index is 675. The molecule has 0 saturated carbocycles. The maximum absolute atomic E-state index is 6.25. The zero-order chi connectivity index (χ0) is 18.4. The van der Waals surface area contributed by atoms with Crippen LogP contribution < -0.4 is 0 Å². The van der Waals surface area contributed by atoms with Crippen LogP contribution in [-0.4, -0.2) is 31.2 Å². The van der Waals surface area contributed by atoms with Crippen molar-refractivity contribution in [3.8, 4) is 0 Å². The van der Waals surface area contributed by atoms with Crippen molar-refractivity contribution in [2.75, 3.05) is 13.2 Å². The van der Waals surface area contributed by atoms with Crippen LogP contribution in [0.3, 0.4) is 0 Å². The Hall–Kier alpha value is -1.98. The summed E-state index contributed by atoms with van der Waals surface area (Å²) in [7, 11) is 0. The van der Waals surface area contributed by atoms with Crippen LogP contribution >= 0.6 is 0 Å². The van der Waals surface area contributed by atoms with Crippen LogP contribution in [0, 0.1) is 0 Å². The van der Waals surface area contributed by atoms with Crippen LogP contribution in [0.2, 0.25) is 0 Å². The van der Waals surface area contributed by atoms with Gasteiger partial charge in [0.05, 0.1) is 26.4 Å². The number of ether oxygens (including phenoxy) is 4. The SMILES string of the molecule is C1=CC2(CC1)O[C@@H](COCc1ccccc1)[C@H](COCc1ccccc1)O2. The lowest BCUT2D eigenvalue weighted by Crippen LogP contribution is -2.31. The molecule has 1 fully saturated rings. The molecule has 2 atom stereocenters. The smallest absolute Gasteiger partial charge is 0.189 e. The molecule has 0 aromatic heterocycles. The Morgan fingerprint density at radius 3 is 1.74 bits per heavy atom. The monoisotopic (exact) mass is 366 g/mol. The van der Waals surface area contributed by atoms with Gasteiger partial charge in [0.25, 0.3) is 0 Å². The van der Waals surface area contributed by atoms with E-state index >= 15 is 0 Å². The molecule has 0 unspecified atom stereocenters. The first-order chi connectivity index (χ1) is 13.3. The third-order valence-electron chi connectivity index (χ3n) is 4.93. The fraction of sp³-hybridized carbons (Fsp3) is 0.391. The second-order valence-corrected chi connectivity index (χ2v) is 7.07. The lowest BCUT2D eigenvalue weighted by Gasteiger charge is -2.20. The molecule has 0 amide bonds. The van der Waals surface area contributed by atoms with Crippen molar-refractivity contribution in [3.05, 3.63) is 83.9 Å². The van der Waals surface area contributed by atoms with Gasteiger partial charge in [-0.2, -0.15) is 0 Å². The van der Waals surface area contributed by atoms with Crippen LogP contribution in [0.4, 0.5) is 0 Å². The largest absolute Gasteiger partial charge is 0.374 e. The lowest BCUT2D eigenvalue weighted by atomic mass is 10.2. The maximum Gasteiger partial charge on any atom is 0.189 e. The Morgan fingerprint density at radius 2 is 1.30 bits per heavy atom. The van der Waals surface area contributed by atoms with Gasteiger partial charge in [-0.1, -0.05) is 66.7 Å². The fourth-order valence-electron chi connectivity index (χ4n) is 3.54. The Kier molecular flexibility index (Phi) is 6.00. The van der Waals surface area contributed by atoms with Gasteiger partial charge in [-0.15, -0.1) is 0 Å². The van der Waals surface area contributed by atoms with Gasteiger partial charge in [-0.25, -0.2) is 0 Å². The minimum absolute atomic E-state index is 0.132. The molecule has 27 heavy (non-hydrogen) atoms. The van der Waals surface area contributed by atoms with Crippen molar-refractivity contribution < 1.29 is 18.9 Å². The zero-order valence-electron chi connectivity index (χ0n) is 15.5. The molecule has 1 aliphatic heterocycles. The van der Waals surface area contributed by atoms with E-state index in [0.29, 0.717) is 26.4 Å². The molecular weight excluding hydrogens is 340 g/mol. The van der Waals surface area contributed by atoms with Crippen molar-refractivity contribution in [2.45, 2.75) is 44.1 Å². The van der Waals surface area contributed by atoms with Gasteiger partial charge in [0.1, 0.15) is 12.2 Å². The van der Waals surface area contributed by atoms with Gasteiger partial charge in [-0.3, -0.25) is 0 Å². The molecule has 1 saturated heterocycles. The summed E-state index contributed by atoms with van der Waals surface area (Å²) in [6, 6.07) is 20.3. The molecular formula is C23H26O4. The number of hydrogen-bond acceptors (Lipinski definition) is 4. The van der Waals surface area contributed by atoms with E-state index in [1.54, 1.807) is 0 Å². The summed E-state index contributed by atoms with van der Waals surface area (Å²) in [5.41, 5.74) is 2.31. The molecule has 4 nitrogen and oxygen atoms in total. The van der Waals surface area contributed by atoms with E-state index in [1.807, 2.05) is 42.5 Å². The van der Waals surface area contributed by atoms with Crippen LogP contribution in [0.1, 0.15) is 24.0 Å². The van der Waals surface area contributed by atoms with Gasteiger partial charge in [0.15, 0.2) is 5.79 Å². The highest BCUT2D eigenvalue weighted by Crippen LogP contribution is 2.38. The molecule has 1 aliphatic carbocycles. The molecule has 0 N–H and O–H groups in total. The van der Waals surface area contributed by atoms with E-state index in [1.165, 1.54) is 0 Å². The minimum Gasteiger partial charge on any atom is -0.374 e. The summed E-state index contributed by atoms with van der Waals surface area (Å²) in [6.07, 6.45) is 5.73. The fourth-order valence-corrected chi connectivity index (χ4v) is 3.54. The van der Waals surface area contributed by atoms with Crippen molar-refractivity contribution in [2.24, 2.45) is 0 Å². The molecule has 2 aromatic rings. The first-order valence-electron chi connectivity index (χ1n) is 9.60. The third kappa shape index (κ3) is 4.85. The summed E-state index contributed by atoms with van der Waals surface area (Å²) in [5, 5.41) is 0. The van der Waals surface area contributed by atoms with E-state index < -0.39 is 5.79 Å². The first kappa shape index (κ1) is 18.4. The highest BCUT2D eigenvalue weighted by atomic mass is 16.8. The summed E-state index contributed by atoms with van der Waals surface area (Å²) in [5.74, 6) is -0.596. The van der Waals surface area contributed by atoms with E-state index in [0.717, 1.165) is 24.0 Å². The molecule has 0 radical (unpaired) electrons. The minimum atomic E-state index is -0.596. The predicted molar refractivity (Wildman–Crippen MR) is 103 cm³/mol. The second-order valence-electron chi connectivity index (χ2n) is 7.07. The standard InChI is InChI=1S/C23H26O4/c1-3-9-19(10-4-1)15-24-17-21-22(27-23(26-21)13-7-8-14-23)18-25-16-20-11-5-2-6-12-20/h1-7,9-13,21-22H,8,14-18H2/t21-,22-/m0/s1. The topological polar surface area (TPSA) is 36.9 Å². The average Bonchev–Trinajstić information content (AvgIpc) is 3.30. The first-order valence-corrected chi connectivity index (χ1v) is 9.60. The molecule has 2 aromatic carbocycles. The quantitative estimate of drug-likeness (QED) is 0.655. The van der Waals surface area contributed by atoms with Crippen LogP contribution in [0.15, 0.2) is 72.8 Å². The van der Waals surface area contributed by atoms with Gasteiger partial charge >= 0.3 is 0 Å². The van der Waals surface area contributed by atoms with Crippen molar-refractivity contribution in [3.63, 3.8) is 0 Å². The number of rotatable bonds is 8. The van der Waals surface area contributed by atoms with Crippen molar-refractivity contribution in [1.29, 1.82) is 0 Å². The third-order valence-corrected chi connectivity index (χ3v) is 4.93. The van der Waals surface area contributed by atoms with Crippen molar-refractivity contribution >= 4 is 0 Å². The molecule has 4 rings (SSSR count). The Labute approximate surface area is 160 Å². The normalized spacial score (nSPS) is 23.3. The second kappa shape index (κ2) is 8.81. The molecule has 4 heteroatoms. The van der Waals surface area contributed by atoms with Crippen LogP contribution in [0.25, 0.3) is 0 Å². The van der Waals surface area contributed by atoms with Crippen molar-refractivity contribution in [1.82, 2.24) is 0 Å². The van der Waals surface area contributed by atoms with Gasteiger partial charge < -0.3 is 18.9 Å². The molecule has 0 bridgehead atoms. The van der Waals surface area contributed by atoms with E-state index in [2.05, 4.69) is 30.3 Å². The molecule has 142 valence electrons. The molecule has 1 heterocycles. The van der Waals surface area contributed by atoms with Gasteiger partial charge in [0, 0.05) is 6.42 Å². The predicted octanol–water partition coefficient (Wildman–Crippen LogP) is 4.25. The van der Waals surface area contributed by atoms with E-state index in [4.69, 9.17) is 18.9 Å². The zero-order valence-corrected chi connectivity index (χ0v) is 15.5. The number of hydrogen-bond donors (Lipinski definition) is 0. The molecule has 2 aliphatic rings. The Balaban J connectivity index is 1.31. The summed E-state index contributed by atoms with van der Waals surface area (Å²) >= 11 is 0. The molecule has 1 spiro atoms. The van der Waals surface area contributed by atoms with E-state index in [9.17, 15) is 0 Å². The highest BCUT2D eigenvalue weighted by molar-refractivity contribution is 5.14. The number of benzene rings is 2. The van der Waals surface area contributed by atoms with E-state index in [-0.39, 0.29) is 12.2 Å². The maximum atomic E-state index is 6.25. The summed E-state index contributed by atoms with van der Waals surface area (Å²) < 4.78 is 24.3. The highest BCUT2D eigenvalue weighted by Gasteiger charge is 2.47. The van der Waals surface area contributed by atoms with Gasteiger partial charge in [-0.05, 0) is 23.6 Å². The Morgan fingerprint density at radius 1 is 0.778 bits per heavy atom. The summed E-state index contributed by atoms with van der Waals surface area (Å²) in [6.45, 7) is 2.12. The number of allylic oxidation sites excluding steroid dienone is 1.